The number of hydrogen-bond donors (Lipinski definition) is 0. The summed E-state index contributed by atoms with van der Waals surface area (Å²) >= 11 is 12.5. The topological polar surface area (TPSA) is 0 Å². The van der Waals surface area contributed by atoms with E-state index < -0.39 is 11.7 Å². The summed E-state index contributed by atoms with van der Waals surface area (Å²) in [7, 11) is 0. The molecule has 0 radical (unpaired) electrons. The van der Waals surface area contributed by atoms with Crippen LogP contribution in [0.3, 0.4) is 0 Å². The zero-order chi connectivity index (χ0) is 14.2. The van der Waals surface area contributed by atoms with Crippen molar-refractivity contribution in [2.24, 2.45) is 0 Å². The van der Waals surface area contributed by atoms with Crippen LogP contribution in [0.1, 0.15) is 5.56 Å². The molecule has 0 fully saturated rings. The minimum absolute atomic E-state index is 0.434. The Kier molecular flexibility index (Phi) is 4.28. The van der Waals surface area contributed by atoms with Crippen LogP contribution >= 0.6 is 43.5 Å². The third kappa shape index (κ3) is 3.15. The molecule has 2 aromatic carbocycles. The van der Waals surface area contributed by atoms with E-state index in [1.54, 1.807) is 18.2 Å². The summed E-state index contributed by atoms with van der Waals surface area (Å²) in [5.74, 6) is 0. The van der Waals surface area contributed by atoms with Gasteiger partial charge in [-0.2, -0.15) is 13.2 Å². The SMILES string of the molecule is FC(F)(F)c1ccc(Br)c(-c2cccc(Cl)c2Br)c1. The number of halogens is 6. The predicted octanol–water partition coefficient (Wildman–Crippen LogP) is 6.55. The maximum absolute atomic E-state index is 12.7. The largest absolute Gasteiger partial charge is 0.416 e. The molecule has 0 unspecified atom stereocenters. The normalized spacial score (nSPS) is 11.7. The van der Waals surface area contributed by atoms with Crippen LogP contribution in [-0.2, 0) is 6.18 Å². The molecular formula is C13H6Br2ClF3. The lowest BCUT2D eigenvalue weighted by Gasteiger charge is -2.12. The fourth-order valence-corrected chi connectivity index (χ4v) is 2.73. The maximum atomic E-state index is 12.7. The highest BCUT2D eigenvalue weighted by atomic mass is 79.9. The summed E-state index contributed by atoms with van der Waals surface area (Å²) in [6, 6.07) is 8.57. The zero-order valence-electron chi connectivity index (χ0n) is 9.23. The van der Waals surface area contributed by atoms with Gasteiger partial charge >= 0.3 is 6.18 Å². The predicted molar refractivity (Wildman–Crippen MR) is 77.3 cm³/mol. The van der Waals surface area contributed by atoms with Crippen molar-refractivity contribution in [2.75, 3.05) is 0 Å². The van der Waals surface area contributed by atoms with E-state index in [2.05, 4.69) is 31.9 Å². The van der Waals surface area contributed by atoms with Gasteiger partial charge in [0, 0.05) is 8.95 Å². The molecule has 6 heteroatoms. The molecule has 100 valence electrons. The summed E-state index contributed by atoms with van der Waals surface area (Å²) in [5, 5.41) is 0.446. The summed E-state index contributed by atoms with van der Waals surface area (Å²) in [6.07, 6.45) is -4.37. The zero-order valence-corrected chi connectivity index (χ0v) is 13.2. The van der Waals surface area contributed by atoms with E-state index in [0.29, 0.717) is 25.1 Å². The second-order valence-electron chi connectivity index (χ2n) is 3.79. The first-order chi connectivity index (χ1) is 8.80. The number of rotatable bonds is 1. The molecule has 0 N–H and O–H groups in total. The Balaban J connectivity index is 2.65. The van der Waals surface area contributed by atoms with E-state index in [4.69, 9.17) is 11.6 Å². The van der Waals surface area contributed by atoms with Crippen LogP contribution in [0, 0.1) is 0 Å². The Hall–Kier alpha value is -0.520. The van der Waals surface area contributed by atoms with Crippen LogP contribution in [0.25, 0.3) is 11.1 Å². The first kappa shape index (κ1) is 14.9. The second kappa shape index (κ2) is 5.46. The molecule has 0 saturated heterocycles. The average Bonchev–Trinajstić information content (AvgIpc) is 2.32. The van der Waals surface area contributed by atoms with Crippen LogP contribution in [0.2, 0.25) is 5.02 Å². The lowest BCUT2D eigenvalue weighted by Crippen LogP contribution is -2.04. The van der Waals surface area contributed by atoms with Gasteiger partial charge in [0.1, 0.15) is 0 Å². The Morgan fingerprint density at radius 3 is 2.26 bits per heavy atom. The van der Waals surface area contributed by atoms with Crippen LogP contribution < -0.4 is 0 Å². The van der Waals surface area contributed by atoms with E-state index in [0.717, 1.165) is 12.1 Å². The second-order valence-corrected chi connectivity index (χ2v) is 5.85. The van der Waals surface area contributed by atoms with Gasteiger partial charge in [0.25, 0.3) is 0 Å². The van der Waals surface area contributed by atoms with Crippen molar-refractivity contribution >= 4 is 43.5 Å². The third-order valence-corrected chi connectivity index (χ3v) is 4.62. The molecule has 0 aliphatic heterocycles. The number of hydrogen-bond acceptors (Lipinski definition) is 0. The van der Waals surface area contributed by atoms with Gasteiger partial charge in [0.05, 0.1) is 10.6 Å². The van der Waals surface area contributed by atoms with E-state index in [1.807, 2.05) is 0 Å². The molecule has 0 aliphatic carbocycles. The monoisotopic (exact) mass is 412 g/mol. The minimum Gasteiger partial charge on any atom is -0.166 e. The maximum Gasteiger partial charge on any atom is 0.416 e. The van der Waals surface area contributed by atoms with Crippen molar-refractivity contribution < 1.29 is 13.2 Å². The average molecular weight is 414 g/mol. The van der Waals surface area contributed by atoms with Crippen molar-refractivity contribution in [1.82, 2.24) is 0 Å². The Morgan fingerprint density at radius 2 is 1.63 bits per heavy atom. The lowest BCUT2D eigenvalue weighted by molar-refractivity contribution is -0.137. The molecule has 0 nitrogen and oxygen atoms in total. The smallest absolute Gasteiger partial charge is 0.166 e. The minimum atomic E-state index is -4.37. The Labute approximate surface area is 129 Å². The molecule has 2 rings (SSSR count). The fourth-order valence-electron chi connectivity index (χ4n) is 1.62. The van der Waals surface area contributed by atoms with Gasteiger partial charge < -0.3 is 0 Å². The summed E-state index contributed by atoms with van der Waals surface area (Å²) in [4.78, 5) is 0. The van der Waals surface area contributed by atoms with Gasteiger partial charge in [-0.3, -0.25) is 0 Å². The van der Waals surface area contributed by atoms with Crippen molar-refractivity contribution in [3.8, 4) is 11.1 Å². The Morgan fingerprint density at radius 1 is 0.947 bits per heavy atom. The molecule has 19 heavy (non-hydrogen) atoms. The molecular weight excluding hydrogens is 408 g/mol. The quantitative estimate of drug-likeness (QED) is 0.496. The summed E-state index contributed by atoms with van der Waals surface area (Å²) in [6.45, 7) is 0. The molecule has 0 saturated carbocycles. The highest BCUT2D eigenvalue weighted by molar-refractivity contribution is 9.11. The lowest BCUT2D eigenvalue weighted by atomic mass is 10.0. The molecule has 0 amide bonds. The first-order valence-electron chi connectivity index (χ1n) is 5.12. The van der Waals surface area contributed by atoms with Crippen molar-refractivity contribution in [2.45, 2.75) is 6.18 Å². The standard InChI is InChI=1S/C13H6Br2ClF3/c14-10-5-4-7(13(17,18)19)6-9(10)8-2-1-3-11(16)12(8)15/h1-6H. The fraction of sp³-hybridized carbons (Fsp3) is 0.0769. The van der Waals surface area contributed by atoms with Gasteiger partial charge in [-0.1, -0.05) is 39.7 Å². The van der Waals surface area contributed by atoms with Crippen LogP contribution in [0.15, 0.2) is 45.3 Å². The van der Waals surface area contributed by atoms with Crippen LogP contribution in [0.4, 0.5) is 13.2 Å². The van der Waals surface area contributed by atoms with Crippen molar-refractivity contribution in [3.63, 3.8) is 0 Å². The van der Waals surface area contributed by atoms with Gasteiger partial charge in [-0.15, -0.1) is 0 Å². The van der Waals surface area contributed by atoms with Gasteiger partial charge in [0.2, 0.25) is 0 Å². The molecule has 0 aromatic heterocycles. The van der Waals surface area contributed by atoms with E-state index in [-0.39, 0.29) is 0 Å². The van der Waals surface area contributed by atoms with Crippen molar-refractivity contribution in [3.05, 3.63) is 55.9 Å². The van der Waals surface area contributed by atoms with E-state index in [9.17, 15) is 13.2 Å². The highest BCUT2D eigenvalue weighted by Gasteiger charge is 2.31. The molecule has 0 spiro atoms. The van der Waals surface area contributed by atoms with Gasteiger partial charge in [-0.05, 0) is 51.3 Å². The third-order valence-electron chi connectivity index (χ3n) is 2.54. The van der Waals surface area contributed by atoms with Gasteiger partial charge in [-0.25, -0.2) is 0 Å². The number of alkyl halides is 3. The molecule has 0 aliphatic rings. The van der Waals surface area contributed by atoms with Crippen LogP contribution in [0.5, 0.6) is 0 Å². The first-order valence-corrected chi connectivity index (χ1v) is 7.08. The summed E-state index contributed by atoms with van der Waals surface area (Å²) in [5.41, 5.74) is 0.340. The van der Waals surface area contributed by atoms with Crippen molar-refractivity contribution in [1.29, 1.82) is 0 Å². The van der Waals surface area contributed by atoms with Gasteiger partial charge in [0.15, 0.2) is 0 Å². The van der Waals surface area contributed by atoms with Crippen LogP contribution in [-0.4, -0.2) is 0 Å². The highest BCUT2D eigenvalue weighted by Crippen LogP contribution is 2.40. The molecule has 2 aromatic rings. The molecule has 0 heterocycles. The summed E-state index contributed by atoms with van der Waals surface area (Å²) < 4.78 is 39.4. The number of benzene rings is 2. The van der Waals surface area contributed by atoms with E-state index in [1.165, 1.54) is 6.07 Å². The Bertz CT molecular complexity index is 624. The molecule has 0 atom stereocenters. The molecule has 0 bridgehead atoms. The van der Waals surface area contributed by atoms with E-state index >= 15 is 0 Å².